The molecular weight excluding hydrogens is 360 g/mol. The minimum Gasteiger partial charge on any atom is -0.510 e. The van der Waals surface area contributed by atoms with E-state index in [-0.39, 0.29) is 36.4 Å². The van der Waals surface area contributed by atoms with E-state index in [1.165, 1.54) is 0 Å². The van der Waals surface area contributed by atoms with Gasteiger partial charge in [0.15, 0.2) is 0 Å². The van der Waals surface area contributed by atoms with Crippen LogP contribution in [0.25, 0.3) is 0 Å². The Hall–Kier alpha value is -1.40. The number of hydrogen-bond acceptors (Lipinski definition) is 5. The molecule has 6 nitrogen and oxygen atoms in total. The summed E-state index contributed by atoms with van der Waals surface area (Å²) in [5.74, 6) is -3.28. The fourth-order valence-electron chi connectivity index (χ4n) is 5.92. The Morgan fingerprint density at radius 2 is 1.93 bits per heavy atom. The van der Waals surface area contributed by atoms with Crippen molar-refractivity contribution >= 4 is 11.8 Å². The minimum atomic E-state index is -1.20. The summed E-state index contributed by atoms with van der Waals surface area (Å²) in [6, 6.07) is 0. The van der Waals surface area contributed by atoms with Gasteiger partial charge in [-0.05, 0) is 55.4 Å². The van der Waals surface area contributed by atoms with Gasteiger partial charge in [0.1, 0.15) is 17.6 Å². The van der Waals surface area contributed by atoms with Crippen LogP contribution in [0.3, 0.4) is 0 Å². The average molecular weight is 397 g/mol. The Bertz CT molecular complexity index is 627. The van der Waals surface area contributed by atoms with Gasteiger partial charge in [-0.3, -0.25) is 9.59 Å². The van der Waals surface area contributed by atoms with Crippen LogP contribution in [0.4, 0.5) is 0 Å². The van der Waals surface area contributed by atoms with Gasteiger partial charge in [0.05, 0.1) is 11.3 Å². The lowest BCUT2D eigenvalue weighted by molar-refractivity contribution is -0.158. The van der Waals surface area contributed by atoms with E-state index in [0.29, 0.717) is 18.4 Å². The molecule has 0 radical (unpaired) electrons. The van der Waals surface area contributed by atoms with Crippen molar-refractivity contribution in [1.82, 2.24) is 0 Å². The summed E-state index contributed by atoms with van der Waals surface area (Å²) in [6.45, 7) is 7.35. The smallest absolute Gasteiger partial charge is 0.306 e. The fourth-order valence-corrected chi connectivity index (χ4v) is 5.92. The normalized spacial score (nSPS) is 36.7. The van der Waals surface area contributed by atoms with Crippen molar-refractivity contribution in [2.45, 2.75) is 72.3 Å². The van der Waals surface area contributed by atoms with Crippen LogP contribution in [0.5, 0.6) is 0 Å². The van der Waals surface area contributed by atoms with E-state index in [2.05, 4.69) is 6.92 Å². The minimum absolute atomic E-state index is 0.0843. The van der Waals surface area contributed by atoms with Crippen LogP contribution in [0.2, 0.25) is 0 Å². The molecule has 7 atom stereocenters. The Labute approximate surface area is 167 Å². The van der Waals surface area contributed by atoms with Gasteiger partial charge in [-0.25, -0.2) is 0 Å². The molecule has 2 aliphatic carbocycles. The van der Waals surface area contributed by atoms with Crippen LogP contribution in [0.1, 0.15) is 66.2 Å². The van der Waals surface area contributed by atoms with Gasteiger partial charge in [0.2, 0.25) is 0 Å². The molecular formula is C22H36O6. The number of carbonyl (C=O) groups excluding carboxylic acids is 1. The summed E-state index contributed by atoms with van der Waals surface area (Å²) < 4.78 is 0. The lowest BCUT2D eigenvalue weighted by atomic mass is 9.48. The molecule has 1 saturated carbocycles. The molecule has 0 aromatic heterocycles. The maximum atomic E-state index is 13.3. The van der Waals surface area contributed by atoms with Crippen molar-refractivity contribution in [2.24, 2.45) is 35.0 Å². The van der Waals surface area contributed by atoms with E-state index in [0.717, 1.165) is 19.3 Å². The van der Waals surface area contributed by atoms with Crippen LogP contribution >= 0.6 is 0 Å². The molecule has 0 spiro atoms. The number of Topliss-reactive ketones (excluding diaryl/α,β-unsaturated/α-hetero) is 1. The van der Waals surface area contributed by atoms with Gasteiger partial charge in [0, 0.05) is 13.0 Å². The molecule has 2 aliphatic rings. The van der Waals surface area contributed by atoms with E-state index >= 15 is 0 Å². The lowest BCUT2D eigenvalue weighted by Crippen LogP contribution is -2.57. The second-order valence-electron chi connectivity index (χ2n) is 9.10. The van der Waals surface area contributed by atoms with Crippen molar-refractivity contribution in [2.75, 3.05) is 6.61 Å². The summed E-state index contributed by atoms with van der Waals surface area (Å²) >= 11 is 0. The summed E-state index contributed by atoms with van der Waals surface area (Å²) in [5, 5.41) is 41.2. The highest BCUT2D eigenvalue weighted by atomic mass is 16.4. The zero-order valence-electron chi connectivity index (χ0n) is 17.5. The third kappa shape index (κ3) is 3.86. The number of ketones is 1. The Balaban J connectivity index is 2.67. The predicted octanol–water partition coefficient (Wildman–Crippen LogP) is 3.32. The highest BCUT2D eigenvalue weighted by Crippen LogP contribution is 2.58. The van der Waals surface area contributed by atoms with Crippen LogP contribution < -0.4 is 0 Å². The molecule has 0 aromatic rings. The first-order chi connectivity index (χ1) is 13.1. The number of aliphatic carboxylic acids is 1. The SMILES string of the molecule is CCCCC(C)C1=C(O)C(O)C2CC(C)CC(C(=O)O)C2C1(C)C(=O)CCO. The largest absolute Gasteiger partial charge is 0.510 e. The molecule has 1 fully saturated rings. The Kier molecular flexibility index (Phi) is 7.32. The number of carbonyl (C=O) groups is 2. The van der Waals surface area contributed by atoms with Gasteiger partial charge >= 0.3 is 5.97 Å². The van der Waals surface area contributed by atoms with E-state index in [9.17, 15) is 30.0 Å². The molecule has 6 heteroatoms. The van der Waals surface area contributed by atoms with Crippen molar-refractivity contribution in [3.8, 4) is 0 Å². The second kappa shape index (κ2) is 8.95. The molecule has 0 saturated heterocycles. The topological polar surface area (TPSA) is 115 Å². The third-order valence-corrected chi connectivity index (χ3v) is 7.13. The number of fused-ring (bicyclic) bond motifs is 1. The van der Waals surface area contributed by atoms with Gasteiger partial charge in [-0.1, -0.05) is 33.6 Å². The maximum absolute atomic E-state index is 13.3. The number of carboxylic acid groups (broad SMARTS) is 1. The van der Waals surface area contributed by atoms with E-state index < -0.39 is 35.2 Å². The molecule has 4 N–H and O–H groups in total. The van der Waals surface area contributed by atoms with Gasteiger partial charge < -0.3 is 20.4 Å². The second-order valence-corrected chi connectivity index (χ2v) is 9.10. The Morgan fingerprint density at radius 3 is 2.46 bits per heavy atom. The van der Waals surface area contributed by atoms with Gasteiger partial charge in [-0.2, -0.15) is 0 Å². The molecule has 0 heterocycles. The molecule has 160 valence electrons. The molecule has 2 rings (SSSR count). The van der Waals surface area contributed by atoms with Gasteiger partial charge in [0.25, 0.3) is 0 Å². The molecule has 0 aliphatic heterocycles. The van der Waals surface area contributed by atoms with E-state index in [1.807, 2.05) is 13.8 Å². The molecule has 7 unspecified atom stereocenters. The summed E-state index contributed by atoms with van der Waals surface area (Å²) in [6.07, 6.45) is 2.39. The first kappa shape index (κ1) is 22.9. The predicted molar refractivity (Wildman–Crippen MR) is 106 cm³/mol. The maximum Gasteiger partial charge on any atom is 0.306 e. The first-order valence-electron chi connectivity index (χ1n) is 10.6. The number of carboxylic acids is 1. The summed E-state index contributed by atoms with van der Waals surface area (Å²) in [4.78, 5) is 25.4. The van der Waals surface area contributed by atoms with Crippen molar-refractivity contribution < 1.29 is 30.0 Å². The summed E-state index contributed by atoms with van der Waals surface area (Å²) in [5.41, 5.74) is -0.721. The zero-order valence-corrected chi connectivity index (χ0v) is 17.5. The molecule has 0 amide bonds. The number of aliphatic hydroxyl groups is 3. The standard InChI is InChI=1S/C22H36O6/c1-5-6-7-13(3)17-20(26)19(25)14-10-12(2)11-15(21(27)28)18(14)22(17,4)16(24)8-9-23/h12-15,18-19,23,25-26H,5-11H2,1-4H3,(H,27,28). The third-order valence-electron chi connectivity index (χ3n) is 7.13. The van der Waals surface area contributed by atoms with Crippen LogP contribution in [-0.2, 0) is 9.59 Å². The van der Waals surface area contributed by atoms with E-state index in [4.69, 9.17) is 0 Å². The number of aliphatic hydroxyl groups excluding tert-OH is 3. The van der Waals surface area contributed by atoms with Crippen LogP contribution in [0.15, 0.2) is 11.3 Å². The molecule has 0 bridgehead atoms. The van der Waals surface area contributed by atoms with E-state index in [1.54, 1.807) is 6.92 Å². The average Bonchev–Trinajstić information content (AvgIpc) is 2.63. The van der Waals surface area contributed by atoms with Crippen molar-refractivity contribution in [3.63, 3.8) is 0 Å². The monoisotopic (exact) mass is 396 g/mol. The summed E-state index contributed by atoms with van der Waals surface area (Å²) in [7, 11) is 0. The number of rotatable bonds is 8. The molecule has 28 heavy (non-hydrogen) atoms. The van der Waals surface area contributed by atoms with Crippen molar-refractivity contribution in [3.05, 3.63) is 11.3 Å². The van der Waals surface area contributed by atoms with Gasteiger partial charge in [-0.15, -0.1) is 0 Å². The first-order valence-corrected chi connectivity index (χ1v) is 10.6. The Morgan fingerprint density at radius 1 is 1.29 bits per heavy atom. The highest BCUT2D eigenvalue weighted by Gasteiger charge is 2.60. The zero-order chi connectivity index (χ0) is 21.2. The number of hydrogen-bond donors (Lipinski definition) is 4. The highest BCUT2D eigenvalue weighted by molar-refractivity contribution is 5.89. The number of unbranched alkanes of at least 4 members (excludes halogenated alkanes) is 1. The fraction of sp³-hybridized carbons (Fsp3) is 0.818. The van der Waals surface area contributed by atoms with Crippen molar-refractivity contribution in [1.29, 1.82) is 0 Å². The quantitative estimate of drug-likeness (QED) is 0.500. The van der Waals surface area contributed by atoms with Crippen LogP contribution in [0, 0.1) is 35.0 Å². The van der Waals surface area contributed by atoms with Crippen LogP contribution in [-0.4, -0.2) is 44.9 Å². The molecule has 0 aromatic carbocycles. The lowest BCUT2D eigenvalue weighted by Gasteiger charge is -2.54. The number of allylic oxidation sites excluding steroid dienone is 1.